The van der Waals surface area contributed by atoms with Crippen LogP contribution in [0.25, 0.3) is 0 Å². The van der Waals surface area contributed by atoms with E-state index in [1.54, 1.807) is 6.20 Å². The van der Waals surface area contributed by atoms with Gasteiger partial charge in [0, 0.05) is 25.5 Å². The second-order valence-electron chi connectivity index (χ2n) is 3.54. The van der Waals surface area contributed by atoms with Crippen molar-refractivity contribution in [2.45, 2.75) is 6.92 Å². The first kappa shape index (κ1) is 12.5. The van der Waals surface area contributed by atoms with Crippen LogP contribution in [0.15, 0.2) is 36.5 Å². The van der Waals surface area contributed by atoms with E-state index < -0.39 is 0 Å². The highest BCUT2D eigenvalue weighted by Crippen LogP contribution is 2.15. The number of hydrogen-bond donors (Lipinski definition) is 2. The van der Waals surface area contributed by atoms with Crippen molar-refractivity contribution in [1.82, 2.24) is 5.32 Å². The van der Waals surface area contributed by atoms with Crippen molar-refractivity contribution >= 4 is 28.7 Å². The SMILES string of the molecule is C/C=C/NC(=S)Nc1ccc(N(C)C)cc1. The summed E-state index contributed by atoms with van der Waals surface area (Å²) >= 11 is 5.10. The summed E-state index contributed by atoms with van der Waals surface area (Å²) in [6.45, 7) is 1.93. The van der Waals surface area contributed by atoms with Crippen molar-refractivity contribution < 1.29 is 0 Å². The maximum Gasteiger partial charge on any atom is 0.174 e. The lowest BCUT2D eigenvalue weighted by molar-refractivity contribution is 1.13. The van der Waals surface area contributed by atoms with Crippen LogP contribution in [-0.2, 0) is 0 Å². The fraction of sp³-hybridized carbons (Fsp3) is 0.250. The van der Waals surface area contributed by atoms with Crippen LogP contribution < -0.4 is 15.5 Å². The Hall–Kier alpha value is -1.55. The molecular formula is C12H17N3S. The molecule has 86 valence electrons. The fourth-order valence-corrected chi connectivity index (χ4v) is 1.35. The highest BCUT2D eigenvalue weighted by atomic mass is 32.1. The molecule has 0 amide bonds. The molecule has 0 bridgehead atoms. The molecule has 4 heteroatoms. The number of allylic oxidation sites excluding steroid dienone is 1. The molecule has 0 saturated carbocycles. The van der Waals surface area contributed by atoms with Gasteiger partial charge in [0.2, 0.25) is 0 Å². The Balaban J connectivity index is 2.58. The Morgan fingerprint density at radius 2 is 1.88 bits per heavy atom. The summed E-state index contributed by atoms with van der Waals surface area (Å²) in [5.41, 5.74) is 2.14. The zero-order valence-electron chi connectivity index (χ0n) is 9.82. The molecule has 0 unspecified atom stereocenters. The molecule has 0 spiro atoms. The second kappa shape index (κ2) is 6.12. The van der Waals surface area contributed by atoms with Gasteiger partial charge in [-0.15, -0.1) is 0 Å². The molecule has 0 aliphatic heterocycles. The van der Waals surface area contributed by atoms with Crippen LogP contribution in [0, 0.1) is 0 Å². The minimum atomic E-state index is 0.593. The molecule has 3 nitrogen and oxygen atoms in total. The largest absolute Gasteiger partial charge is 0.378 e. The molecule has 0 aromatic heterocycles. The molecule has 2 N–H and O–H groups in total. The smallest absolute Gasteiger partial charge is 0.174 e. The van der Waals surface area contributed by atoms with Crippen LogP contribution in [0.5, 0.6) is 0 Å². The predicted octanol–water partition coefficient (Wildman–Crippen LogP) is 2.57. The second-order valence-corrected chi connectivity index (χ2v) is 3.95. The molecule has 1 rings (SSSR count). The first-order chi connectivity index (χ1) is 7.63. The van der Waals surface area contributed by atoms with E-state index in [4.69, 9.17) is 12.2 Å². The molecule has 1 aromatic rings. The molecule has 0 aliphatic carbocycles. The third-order valence-corrected chi connectivity index (χ3v) is 2.24. The van der Waals surface area contributed by atoms with Crippen molar-refractivity contribution in [3.63, 3.8) is 0 Å². The third-order valence-electron chi connectivity index (χ3n) is 2.02. The molecule has 0 fully saturated rings. The molecule has 0 aliphatic rings. The molecule has 0 saturated heterocycles. The van der Waals surface area contributed by atoms with Gasteiger partial charge >= 0.3 is 0 Å². The van der Waals surface area contributed by atoms with Crippen molar-refractivity contribution in [1.29, 1.82) is 0 Å². The van der Waals surface area contributed by atoms with E-state index in [1.807, 2.05) is 51.4 Å². The zero-order chi connectivity index (χ0) is 12.0. The van der Waals surface area contributed by atoms with Gasteiger partial charge in [-0.1, -0.05) is 6.08 Å². The van der Waals surface area contributed by atoms with Gasteiger partial charge in [-0.3, -0.25) is 0 Å². The van der Waals surface area contributed by atoms with Crippen LogP contribution >= 0.6 is 12.2 Å². The average molecular weight is 235 g/mol. The molecule has 1 aromatic carbocycles. The van der Waals surface area contributed by atoms with E-state index in [1.165, 1.54) is 0 Å². The maximum absolute atomic E-state index is 5.10. The van der Waals surface area contributed by atoms with E-state index in [0.29, 0.717) is 5.11 Å². The first-order valence-electron chi connectivity index (χ1n) is 5.09. The van der Waals surface area contributed by atoms with Gasteiger partial charge < -0.3 is 15.5 Å². The van der Waals surface area contributed by atoms with Crippen LogP contribution in [0.3, 0.4) is 0 Å². The standard InChI is InChI=1S/C12H17N3S/c1-4-9-13-12(16)14-10-5-7-11(8-6-10)15(2)3/h4-9H,1-3H3,(H2,13,14,16)/b9-4+. The van der Waals surface area contributed by atoms with Crippen LogP contribution in [0.2, 0.25) is 0 Å². The summed E-state index contributed by atoms with van der Waals surface area (Å²) in [6, 6.07) is 8.08. The van der Waals surface area contributed by atoms with Crippen LogP contribution in [0.4, 0.5) is 11.4 Å². The third kappa shape index (κ3) is 3.90. The zero-order valence-corrected chi connectivity index (χ0v) is 10.6. The monoisotopic (exact) mass is 235 g/mol. The molecule has 0 radical (unpaired) electrons. The van der Waals surface area contributed by atoms with Gasteiger partial charge in [0.15, 0.2) is 5.11 Å². The van der Waals surface area contributed by atoms with E-state index in [-0.39, 0.29) is 0 Å². The molecule has 0 atom stereocenters. The van der Waals surface area contributed by atoms with Gasteiger partial charge in [-0.05, 0) is 49.6 Å². The minimum Gasteiger partial charge on any atom is -0.378 e. The minimum absolute atomic E-state index is 0.593. The van der Waals surface area contributed by atoms with Crippen LogP contribution in [-0.4, -0.2) is 19.2 Å². The summed E-state index contributed by atoms with van der Waals surface area (Å²) in [7, 11) is 4.03. The number of rotatable bonds is 3. The lowest BCUT2D eigenvalue weighted by atomic mass is 10.2. The van der Waals surface area contributed by atoms with E-state index >= 15 is 0 Å². The number of anilines is 2. The molecular weight excluding hydrogens is 218 g/mol. The summed E-state index contributed by atoms with van der Waals surface area (Å²) in [6.07, 6.45) is 3.69. The van der Waals surface area contributed by atoms with Gasteiger partial charge in [0.1, 0.15) is 0 Å². The number of hydrogen-bond acceptors (Lipinski definition) is 2. The maximum atomic E-state index is 5.10. The predicted molar refractivity (Wildman–Crippen MR) is 74.9 cm³/mol. The van der Waals surface area contributed by atoms with Gasteiger partial charge in [0.05, 0.1) is 0 Å². The number of thiocarbonyl (C=S) groups is 1. The number of benzene rings is 1. The summed E-state index contributed by atoms with van der Waals surface area (Å²) in [5, 5.41) is 6.63. The number of nitrogens with zero attached hydrogens (tertiary/aromatic N) is 1. The normalized spacial score (nSPS) is 10.2. The number of nitrogens with one attached hydrogen (secondary N) is 2. The topological polar surface area (TPSA) is 27.3 Å². The quantitative estimate of drug-likeness (QED) is 0.787. The average Bonchev–Trinajstić information content (AvgIpc) is 2.27. The molecule has 0 heterocycles. The molecule has 16 heavy (non-hydrogen) atoms. The summed E-state index contributed by atoms with van der Waals surface area (Å²) in [5.74, 6) is 0. The van der Waals surface area contributed by atoms with Gasteiger partial charge in [-0.2, -0.15) is 0 Å². The Kier molecular flexibility index (Phi) is 4.79. The lowest BCUT2D eigenvalue weighted by Gasteiger charge is -2.13. The van der Waals surface area contributed by atoms with Crippen molar-refractivity contribution in [3.05, 3.63) is 36.5 Å². The van der Waals surface area contributed by atoms with Crippen LogP contribution in [0.1, 0.15) is 6.92 Å². The Bertz CT molecular complexity index is 368. The summed E-state index contributed by atoms with van der Waals surface area (Å²) in [4.78, 5) is 2.06. The van der Waals surface area contributed by atoms with Crippen molar-refractivity contribution in [2.75, 3.05) is 24.3 Å². The van der Waals surface area contributed by atoms with Gasteiger partial charge in [0.25, 0.3) is 0 Å². The lowest BCUT2D eigenvalue weighted by Crippen LogP contribution is -2.23. The first-order valence-corrected chi connectivity index (χ1v) is 5.50. The Labute approximate surface area is 102 Å². The Morgan fingerprint density at radius 3 is 2.38 bits per heavy atom. The van der Waals surface area contributed by atoms with E-state index in [0.717, 1.165) is 11.4 Å². The summed E-state index contributed by atoms with van der Waals surface area (Å²) < 4.78 is 0. The van der Waals surface area contributed by atoms with E-state index in [9.17, 15) is 0 Å². The Morgan fingerprint density at radius 1 is 1.25 bits per heavy atom. The fourth-order valence-electron chi connectivity index (χ4n) is 1.17. The van der Waals surface area contributed by atoms with E-state index in [2.05, 4.69) is 15.5 Å². The van der Waals surface area contributed by atoms with Crippen molar-refractivity contribution in [2.24, 2.45) is 0 Å². The van der Waals surface area contributed by atoms with Gasteiger partial charge in [-0.25, -0.2) is 0 Å². The highest BCUT2D eigenvalue weighted by molar-refractivity contribution is 7.80. The highest BCUT2D eigenvalue weighted by Gasteiger charge is 1.97. The van der Waals surface area contributed by atoms with Crippen molar-refractivity contribution in [3.8, 4) is 0 Å².